The van der Waals surface area contributed by atoms with Crippen molar-refractivity contribution in [2.45, 2.75) is 44.1 Å². The van der Waals surface area contributed by atoms with Crippen LogP contribution in [0.2, 0.25) is 0 Å². The van der Waals surface area contributed by atoms with Crippen molar-refractivity contribution in [3.8, 4) is 0 Å². The zero-order valence-electron chi connectivity index (χ0n) is 13.6. The van der Waals surface area contributed by atoms with Crippen LogP contribution < -0.4 is 5.73 Å². The Kier molecular flexibility index (Phi) is 4.98. The maximum atomic E-state index is 12.7. The van der Waals surface area contributed by atoms with Crippen molar-refractivity contribution in [2.75, 3.05) is 13.1 Å². The van der Waals surface area contributed by atoms with Gasteiger partial charge in [-0.15, -0.1) is 12.4 Å². The van der Waals surface area contributed by atoms with Gasteiger partial charge in [-0.2, -0.15) is 0 Å². The molecule has 0 radical (unpaired) electrons. The van der Waals surface area contributed by atoms with Crippen molar-refractivity contribution in [2.24, 2.45) is 23.5 Å². The van der Waals surface area contributed by atoms with E-state index in [1.165, 1.54) is 31.2 Å². The normalized spacial score (nSPS) is 35.3. The minimum absolute atomic E-state index is 0. The minimum atomic E-state index is 0. The molecule has 0 aromatic heterocycles. The van der Waals surface area contributed by atoms with Crippen molar-refractivity contribution in [1.82, 2.24) is 4.90 Å². The summed E-state index contributed by atoms with van der Waals surface area (Å²) in [4.78, 5) is 14.7. The standard InChI is InChI=1S/C19H26N2O.ClH/c20-18-12-21(11-17(18)14-4-2-1-3-5-14)19(22)10-16-9-13-6-7-15(16)8-13;/h1-5,13,15-18H,6-12,20H2;1H/t13?,15?,16?,17-,18+;/m0./s1. The first kappa shape index (κ1) is 16.8. The molecule has 126 valence electrons. The van der Waals surface area contributed by atoms with E-state index >= 15 is 0 Å². The van der Waals surface area contributed by atoms with Gasteiger partial charge in [0.1, 0.15) is 0 Å². The lowest BCUT2D eigenvalue weighted by atomic mass is 9.86. The van der Waals surface area contributed by atoms with Gasteiger partial charge in [-0.1, -0.05) is 36.8 Å². The van der Waals surface area contributed by atoms with Crippen LogP contribution in [0.3, 0.4) is 0 Å². The average Bonchev–Trinajstić information content (AvgIpc) is 3.23. The monoisotopic (exact) mass is 334 g/mol. The smallest absolute Gasteiger partial charge is 0.222 e. The first-order valence-corrected chi connectivity index (χ1v) is 8.79. The Balaban J connectivity index is 0.00000156. The predicted octanol–water partition coefficient (Wildman–Crippen LogP) is 3.19. The summed E-state index contributed by atoms with van der Waals surface area (Å²) in [6.07, 6.45) is 6.19. The number of carbonyl (C=O) groups excluding carboxylic acids is 1. The summed E-state index contributed by atoms with van der Waals surface area (Å²) in [5, 5.41) is 0. The van der Waals surface area contributed by atoms with Crippen molar-refractivity contribution in [3.05, 3.63) is 35.9 Å². The highest BCUT2D eigenvalue weighted by molar-refractivity contribution is 5.85. The summed E-state index contributed by atoms with van der Waals surface area (Å²) in [5.41, 5.74) is 7.58. The fourth-order valence-electron chi connectivity index (χ4n) is 5.07. The third-order valence-corrected chi connectivity index (χ3v) is 6.27. The van der Waals surface area contributed by atoms with Gasteiger partial charge in [0.05, 0.1) is 0 Å². The highest BCUT2D eigenvalue weighted by Crippen LogP contribution is 2.49. The van der Waals surface area contributed by atoms with Gasteiger partial charge < -0.3 is 10.6 Å². The van der Waals surface area contributed by atoms with Crippen LogP contribution in [0, 0.1) is 17.8 Å². The Labute approximate surface area is 145 Å². The number of halogens is 1. The fourth-order valence-corrected chi connectivity index (χ4v) is 5.07. The number of carbonyl (C=O) groups is 1. The maximum absolute atomic E-state index is 12.7. The molecule has 4 heteroatoms. The summed E-state index contributed by atoms with van der Waals surface area (Å²) in [6.45, 7) is 1.52. The van der Waals surface area contributed by atoms with E-state index in [0.29, 0.717) is 17.7 Å². The van der Waals surface area contributed by atoms with E-state index in [1.54, 1.807) is 0 Å². The van der Waals surface area contributed by atoms with Crippen molar-refractivity contribution in [3.63, 3.8) is 0 Å². The molecule has 0 spiro atoms. The average molecular weight is 335 g/mol. The minimum Gasteiger partial charge on any atom is -0.340 e. The summed E-state index contributed by atoms with van der Waals surface area (Å²) >= 11 is 0. The molecule has 4 rings (SSSR count). The van der Waals surface area contributed by atoms with E-state index in [4.69, 9.17) is 5.73 Å². The number of hydrogen-bond acceptors (Lipinski definition) is 2. The molecule has 5 atom stereocenters. The Morgan fingerprint density at radius 3 is 2.57 bits per heavy atom. The highest BCUT2D eigenvalue weighted by Gasteiger charge is 2.42. The van der Waals surface area contributed by atoms with E-state index in [2.05, 4.69) is 24.3 Å². The SMILES string of the molecule is Cl.N[C@@H]1CN(C(=O)CC2CC3CCC2C3)C[C@H]1c1ccccc1. The largest absolute Gasteiger partial charge is 0.340 e. The van der Waals surface area contributed by atoms with E-state index in [9.17, 15) is 4.79 Å². The molecule has 1 heterocycles. The molecule has 1 aliphatic heterocycles. The Morgan fingerprint density at radius 2 is 1.91 bits per heavy atom. The van der Waals surface area contributed by atoms with Crippen LogP contribution in [0.25, 0.3) is 0 Å². The van der Waals surface area contributed by atoms with Gasteiger partial charge in [-0.3, -0.25) is 4.79 Å². The van der Waals surface area contributed by atoms with E-state index in [1.807, 2.05) is 11.0 Å². The number of nitrogens with zero attached hydrogens (tertiary/aromatic N) is 1. The van der Waals surface area contributed by atoms with E-state index in [-0.39, 0.29) is 18.4 Å². The van der Waals surface area contributed by atoms with Gasteiger partial charge in [-0.25, -0.2) is 0 Å². The van der Waals surface area contributed by atoms with Crippen LogP contribution in [0.1, 0.15) is 43.6 Å². The maximum Gasteiger partial charge on any atom is 0.222 e. The molecule has 3 unspecified atom stereocenters. The molecule has 2 aliphatic carbocycles. The summed E-state index contributed by atoms with van der Waals surface area (Å²) in [6, 6.07) is 10.5. The Morgan fingerprint density at radius 1 is 1.13 bits per heavy atom. The van der Waals surface area contributed by atoms with Crippen LogP contribution in [0.4, 0.5) is 0 Å². The van der Waals surface area contributed by atoms with Gasteiger partial charge >= 0.3 is 0 Å². The first-order chi connectivity index (χ1) is 10.7. The van der Waals surface area contributed by atoms with Crippen LogP contribution in [0.15, 0.2) is 30.3 Å². The van der Waals surface area contributed by atoms with Crippen molar-refractivity contribution in [1.29, 1.82) is 0 Å². The fraction of sp³-hybridized carbons (Fsp3) is 0.632. The molecule has 2 saturated carbocycles. The Bertz CT molecular complexity index is 550. The molecule has 1 saturated heterocycles. The predicted molar refractivity (Wildman–Crippen MR) is 94.5 cm³/mol. The van der Waals surface area contributed by atoms with Gasteiger partial charge in [0.25, 0.3) is 0 Å². The van der Waals surface area contributed by atoms with Crippen LogP contribution >= 0.6 is 12.4 Å². The summed E-state index contributed by atoms with van der Waals surface area (Å²) in [7, 11) is 0. The molecule has 1 aromatic carbocycles. The lowest BCUT2D eigenvalue weighted by molar-refractivity contribution is -0.131. The lowest BCUT2D eigenvalue weighted by Gasteiger charge is -2.24. The second-order valence-electron chi connectivity index (χ2n) is 7.62. The van der Waals surface area contributed by atoms with Gasteiger partial charge in [0.2, 0.25) is 5.91 Å². The number of hydrogen-bond donors (Lipinski definition) is 1. The molecule has 2 N–H and O–H groups in total. The van der Waals surface area contributed by atoms with E-state index < -0.39 is 0 Å². The van der Waals surface area contributed by atoms with Gasteiger partial charge in [0, 0.05) is 31.5 Å². The number of fused-ring (bicyclic) bond motifs is 2. The van der Waals surface area contributed by atoms with Crippen LogP contribution in [-0.2, 0) is 4.79 Å². The molecular formula is C19H27ClN2O. The molecule has 3 aliphatic rings. The molecular weight excluding hydrogens is 308 g/mol. The second-order valence-corrected chi connectivity index (χ2v) is 7.62. The summed E-state index contributed by atoms with van der Waals surface area (Å²) < 4.78 is 0. The molecule has 3 fully saturated rings. The van der Waals surface area contributed by atoms with Crippen LogP contribution in [0.5, 0.6) is 0 Å². The van der Waals surface area contributed by atoms with Gasteiger partial charge in [-0.05, 0) is 42.6 Å². The van der Waals surface area contributed by atoms with Crippen molar-refractivity contribution < 1.29 is 4.79 Å². The number of likely N-dealkylation sites (tertiary alicyclic amines) is 1. The molecule has 2 bridgehead atoms. The third kappa shape index (κ3) is 3.27. The number of benzene rings is 1. The zero-order chi connectivity index (χ0) is 15.1. The second kappa shape index (κ2) is 6.82. The third-order valence-electron chi connectivity index (χ3n) is 6.27. The van der Waals surface area contributed by atoms with E-state index in [0.717, 1.165) is 31.3 Å². The summed E-state index contributed by atoms with van der Waals surface area (Å²) in [5.74, 6) is 3.03. The van der Waals surface area contributed by atoms with Gasteiger partial charge in [0.15, 0.2) is 0 Å². The zero-order valence-corrected chi connectivity index (χ0v) is 14.4. The molecule has 23 heavy (non-hydrogen) atoms. The number of nitrogens with two attached hydrogens (primary N) is 1. The van der Waals surface area contributed by atoms with Crippen LogP contribution in [-0.4, -0.2) is 29.9 Å². The lowest BCUT2D eigenvalue weighted by Crippen LogP contribution is -2.33. The number of amides is 1. The number of rotatable bonds is 3. The highest BCUT2D eigenvalue weighted by atomic mass is 35.5. The quantitative estimate of drug-likeness (QED) is 0.922. The topological polar surface area (TPSA) is 46.3 Å². The molecule has 3 nitrogen and oxygen atoms in total. The van der Waals surface area contributed by atoms with Crippen molar-refractivity contribution >= 4 is 18.3 Å². The first-order valence-electron chi connectivity index (χ1n) is 8.79. The molecule has 1 amide bonds. The Hall–Kier alpha value is -1.06. The molecule has 1 aromatic rings.